The van der Waals surface area contributed by atoms with Crippen LogP contribution in [0.1, 0.15) is 34.1 Å². The molecule has 0 aliphatic heterocycles. The van der Waals surface area contributed by atoms with Gasteiger partial charge in [0.2, 0.25) is 0 Å². The Morgan fingerprint density at radius 2 is 1.87 bits per heavy atom. The summed E-state index contributed by atoms with van der Waals surface area (Å²) < 4.78 is 28.7. The van der Waals surface area contributed by atoms with Crippen LogP contribution in [0.2, 0.25) is 0 Å². The molecule has 0 fully saturated rings. The minimum Gasteiger partial charge on any atom is -0.375 e. The molecule has 92 valence electrons. The molecule has 0 saturated heterocycles. The number of nitrogens with two attached hydrogens (primary N) is 1. The van der Waals surface area contributed by atoms with Crippen molar-refractivity contribution in [1.82, 2.24) is 0 Å². The van der Waals surface area contributed by atoms with E-state index in [0.29, 0.717) is 13.0 Å². The topological polar surface area (TPSA) is 69.4 Å². The van der Waals surface area contributed by atoms with E-state index in [9.17, 15) is 8.42 Å². The van der Waals surface area contributed by atoms with Gasteiger partial charge in [0, 0.05) is 0 Å². The third-order valence-electron chi connectivity index (χ3n) is 2.09. The first-order valence-corrected chi connectivity index (χ1v) is 6.96. The third kappa shape index (κ3) is 6.87. The highest BCUT2D eigenvalue weighted by Gasteiger charge is 2.21. The fourth-order valence-electron chi connectivity index (χ4n) is 1.08. The van der Waals surface area contributed by atoms with Crippen molar-refractivity contribution in [3.8, 4) is 0 Å². The second-order valence-electron chi connectivity index (χ2n) is 4.72. The standard InChI is InChI=1S/C10H23NO3S/c1-9(5-6-11)15(12,13)8-7-14-10(2,3)4/h9H,5-8,11H2,1-4H3. The minimum absolute atomic E-state index is 0.0748. The van der Waals surface area contributed by atoms with Crippen LogP contribution in [0.15, 0.2) is 0 Å². The molecule has 4 nitrogen and oxygen atoms in total. The summed E-state index contributed by atoms with van der Waals surface area (Å²) in [5.74, 6) is 0.0748. The molecule has 1 atom stereocenters. The Hall–Kier alpha value is -0.130. The Labute approximate surface area is 93.1 Å². The van der Waals surface area contributed by atoms with Crippen molar-refractivity contribution in [3.05, 3.63) is 0 Å². The molecule has 0 spiro atoms. The number of sulfone groups is 1. The maximum atomic E-state index is 11.7. The average molecular weight is 237 g/mol. The van der Waals surface area contributed by atoms with Crippen LogP contribution >= 0.6 is 0 Å². The van der Waals surface area contributed by atoms with E-state index in [2.05, 4.69) is 0 Å². The predicted molar refractivity (Wildman–Crippen MR) is 62.6 cm³/mol. The van der Waals surface area contributed by atoms with Gasteiger partial charge in [-0.05, 0) is 40.7 Å². The van der Waals surface area contributed by atoms with E-state index >= 15 is 0 Å². The summed E-state index contributed by atoms with van der Waals surface area (Å²) >= 11 is 0. The zero-order chi connectivity index (χ0) is 12.1. The summed E-state index contributed by atoms with van der Waals surface area (Å²) in [6, 6.07) is 0. The maximum absolute atomic E-state index is 11.7. The van der Waals surface area contributed by atoms with E-state index in [-0.39, 0.29) is 23.2 Å². The second-order valence-corrected chi connectivity index (χ2v) is 7.25. The van der Waals surface area contributed by atoms with Gasteiger partial charge in [-0.2, -0.15) is 0 Å². The molecule has 0 bridgehead atoms. The molecular weight excluding hydrogens is 214 g/mol. The Balaban J connectivity index is 4.06. The number of hydrogen-bond donors (Lipinski definition) is 1. The van der Waals surface area contributed by atoms with Crippen LogP contribution in [0.3, 0.4) is 0 Å². The highest BCUT2D eigenvalue weighted by Crippen LogP contribution is 2.09. The maximum Gasteiger partial charge on any atom is 0.155 e. The van der Waals surface area contributed by atoms with Gasteiger partial charge in [0.1, 0.15) is 0 Å². The summed E-state index contributed by atoms with van der Waals surface area (Å²) in [6.07, 6.45) is 0.512. The molecule has 0 rings (SSSR count). The van der Waals surface area contributed by atoms with Crippen molar-refractivity contribution < 1.29 is 13.2 Å². The molecule has 5 heteroatoms. The van der Waals surface area contributed by atoms with Crippen molar-refractivity contribution in [2.24, 2.45) is 5.73 Å². The zero-order valence-corrected chi connectivity index (χ0v) is 10.9. The van der Waals surface area contributed by atoms with Crippen molar-refractivity contribution in [1.29, 1.82) is 0 Å². The molecule has 0 radical (unpaired) electrons. The lowest BCUT2D eigenvalue weighted by molar-refractivity contribution is 0.00640. The minimum atomic E-state index is -3.05. The summed E-state index contributed by atoms with van der Waals surface area (Å²) in [6.45, 7) is 8.06. The fraction of sp³-hybridized carbons (Fsp3) is 1.00. The molecule has 0 amide bonds. The van der Waals surface area contributed by atoms with Gasteiger partial charge in [-0.15, -0.1) is 0 Å². The first-order valence-electron chi connectivity index (χ1n) is 5.24. The van der Waals surface area contributed by atoms with Gasteiger partial charge in [0.15, 0.2) is 9.84 Å². The normalized spacial score (nSPS) is 15.3. The van der Waals surface area contributed by atoms with Gasteiger partial charge in [-0.25, -0.2) is 8.42 Å². The van der Waals surface area contributed by atoms with Gasteiger partial charge in [0.25, 0.3) is 0 Å². The SMILES string of the molecule is CC(CCN)S(=O)(=O)CCOC(C)(C)C. The van der Waals surface area contributed by atoms with Gasteiger partial charge >= 0.3 is 0 Å². The van der Waals surface area contributed by atoms with Crippen LogP contribution in [0.4, 0.5) is 0 Å². The zero-order valence-electron chi connectivity index (χ0n) is 10.1. The Kier molecular flexibility index (Phi) is 5.77. The summed E-state index contributed by atoms with van der Waals surface area (Å²) in [5.41, 5.74) is 5.04. The molecule has 0 aromatic carbocycles. The Morgan fingerprint density at radius 3 is 2.27 bits per heavy atom. The summed E-state index contributed by atoms with van der Waals surface area (Å²) in [7, 11) is -3.05. The second kappa shape index (κ2) is 5.82. The van der Waals surface area contributed by atoms with Gasteiger partial charge < -0.3 is 10.5 Å². The van der Waals surface area contributed by atoms with Crippen LogP contribution in [-0.4, -0.2) is 38.2 Å². The van der Waals surface area contributed by atoms with Crippen LogP contribution in [0.25, 0.3) is 0 Å². The molecule has 0 aliphatic rings. The highest BCUT2D eigenvalue weighted by molar-refractivity contribution is 7.92. The largest absolute Gasteiger partial charge is 0.375 e. The summed E-state index contributed by atoms with van der Waals surface area (Å²) in [5, 5.41) is -0.369. The predicted octanol–water partition coefficient (Wildman–Crippen LogP) is 0.954. The number of ether oxygens (including phenoxy) is 1. The van der Waals surface area contributed by atoms with Gasteiger partial charge in [0.05, 0.1) is 23.2 Å². The van der Waals surface area contributed by atoms with Crippen LogP contribution in [0.5, 0.6) is 0 Å². The van der Waals surface area contributed by atoms with E-state index in [1.165, 1.54) is 0 Å². The molecule has 0 aromatic heterocycles. The third-order valence-corrected chi connectivity index (χ3v) is 4.29. The molecule has 15 heavy (non-hydrogen) atoms. The first-order chi connectivity index (χ1) is 6.69. The van der Waals surface area contributed by atoms with Gasteiger partial charge in [-0.1, -0.05) is 0 Å². The van der Waals surface area contributed by atoms with E-state index in [1.807, 2.05) is 20.8 Å². The highest BCUT2D eigenvalue weighted by atomic mass is 32.2. The monoisotopic (exact) mass is 237 g/mol. The molecule has 0 heterocycles. The number of hydrogen-bond acceptors (Lipinski definition) is 4. The average Bonchev–Trinajstić information content (AvgIpc) is 2.01. The van der Waals surface area contributed by atoms with Crippen LogP contribution in [0, 0.1) is 0 Å². The first kappa shape index (κ1) is 14.9. The summed E-state index contributed by atoms with van der Waals surface area (Å²) in [4.78, 5) is 0. The lowest BCUT2D eigenvalue weighted by Gasteiger charge is -2.20. The van der Waals surface area contributed by atoms with E-state index in [4.69, 9.17) is 10.5 Å². The van der Waals surface area contributed by atoms with Gasteiger partial charge in [-0.3, -0.25) is 0 Å². The molecule has 1 unspecified atom stereocenters. The number of rotatable bonds is 6. The lowest BCUT2D eigenvalue weighted by Crippen LogP contribution is -2.29. The van der Waals surface area contributed by atoms with Crippen LogP contribution < -0.4 is 5.73 Å². The fourth-order valence-corrected chi connectivity index (χ4v) is 2.29. The molecule has 0 aliphatic carbocycles. The molecule has 0 saturated carbocycles. The lowest BCUT2D eigenvalue weighted by atomic mass is 10.2. The Morgan fingerprint density at radius 1 is 1.33 bits per heavy atom. The van der Waals surface area contributed by atoms with E-state index < -0.39 is 9.84 Å². The smallest absolute Gasteiger partial charge is 0.155 e. The van der Waals surface area contributed by atoms with E-state index in [1.54, 1.807) is 6.92 Å². The van der Waals surface area contributed by atoms with E-state index in [0.717, 1.165) is 0 Å². The van der Waals surface area contributed by atoms with Crippen molar-refractivity contribution in [2.75, 3.05) is 18.9 Å². The van der Waals surface area contributed by atoms with Crippen molar-refractivity contribution in [2.45, 2.75) is 45.0 Å². The van der Waals surface area contributed by atoms with Crippen molar-refractivity contribution >= 4 is 9.84 Å². The molecule has 2 N–H and O–H groups in total. The quantitative estimate of drug-likeness (QED) is 0.747. The van der Waals surface area contributed by atoms with Crippen LogP contribution in [-0.2, 0) is 14.6 Å². The van der Waals surface area contributed by atoms with Crippen molar-refractivity contribution in [3.63, 3.8) is 0 Å². The Bertz CT molecular complexity index is 267. The molecular formula is C10H23NO3S. The molecule has 0 aromatic rings.